The molecule has 152 valence electrons. The first-order valence-corrected chi connectivity index (χ1v) is 9.79. The Kier molecular flexibility index (Phi) is 4.76. The second-order valence-electron chi connectivity index (χ2n) is 7.17. The number of nitrogens with one attached hydrogen (secondary N) is 1. The van der Waals surface area contributed by atoms with Crippen molar-refractivity contribution >= 4 is 16.9 Å². The number of ether oxygens (including phenoxy) is 2. The molecule has 0 spiro atoms. The Labute approximate surface area is 172 Å². The molecule has 5 heterocycles. The van der Waals surface area contributed by atoms with Crippen LogP contribution in [0.1, 0.15) is 12.8 Å². The van der Waals surface area contributed by atoms with Crippen LogP contribution in [0.25, 0.3) is 33.5 Å². The highest BCUT2D eigenvalue weighted by molar-refractivity contribution is 6.02. The molecule has 4 aromatic heterocycles. The van der Waals surface area contributed by atoms with Gasteiger partial charge in [-0.25, -0.2) is 9.97 Å². The molecule has 0 radical (unpaired) electrons. The standard InChI is InChI=1S/C22H20FN5O2/c23-17-11-16(30-12-14-4-3-9-29-14)21-22(27-17)19(15-5-1-2-7-25-15)20(28-21)13-6-8-26-18(24)10-13/h1-2,5-8,10-11,14,28H,3-4,9,12H2,(H2,24,26)/t14-/m1/s1. The molecule has 7 nitrogen and oxygen atoms in total. The maximum atomic E-state index is 14.5. The summed E-state index contributed by atoms with van der Waals surface area (Å²) in [7, 11) is 0. The Bertz CT molecular complexity index is 1190. The van der Waals surface area contributed by atoms with Crippen molar-refractivity contribution in [2.45, 2.75) is 18.9 Å². The molecule has 1 atom stereocenters. The van der Waals surface area contributed by atoms with Crippen molar-refractivity contribution < 1.29 is 13.9 Å². The zero-order valence-electron chi connectivity index (χ0n) is 16.1. The van der Waals surface area contributed by atoms with Crippen LogP contribution >= 0.6 is 0 Å². The molecule has 1 saturated heterocycles. The smallest absolute Gasteiger partial charge is 0.217 e. The maximum absolute atomic E-state index is 14.5. The fourth-order valence-electron chi connectivity index (χ4n) is 3.75. The second-order valence-corrected chi connectivity index (χ2v) is 7.17. The number of nitrogens with zero attached hydrogens (tertiary/aromatic N) is 3. The molecule has 1 aliphatic heterocycles. The molecule has 1 fully saturated rings. The van der Waals surface area contributed by atoms with Crippen LogP contribution in [0.15, 0.2) is 48.8 Å². The van der Waals surface area contributed by atoms with E-state index >= 15 is 0 Å². The third-order valence-corrected chi connectivity index (χ3v) is 5.13. The lowest BCUT2D eigenvalue weighted by molar-refractivity contribution is 0.0683. The Morgan fingerprint density at radius 3 is 2.90 bits per heavy atom. The van der Waals surface area contributed by atoms with Crippen molar-refractivity contribution in [3.63, 3.8) is 0 Å². The van der Waals surface area contributed by atoms with Crippen molar-refractivity contribution in [3.05, 3.63) is 54.7 Å². The number of hydrogen-bond donors (Lipinski definition) is 2. The number of fused-ring (bicyclic) bond motifs is 1. The van der Waals surface area contributed by atoms with E-state index in [0.29, 0.717) is 40.5 Å². The number of nitrogens with two attached hydrogens (primary N) is 1. The molecule has 3 N–H and O–H groups in total. The lowest BCUT2D eigenvalue weighted by Crippen LogP contribution is -2.16. The van der Waals surface area contributed by atoms with Crippen molar-refractivity contribution in [3.8, 4) is 28.3 Å². The lowest BCUT2D eigenvalue weighted by Gasteiger charge is -2.12. The van der Waals surface area contributed by atoms with Crippen molar-refractivity contribution in [2.24, 2.45) is 0 Å². The van der Waals surface area contributed by atoms with Gasteiger partial charge < -0.3 is 20.2 Å². The number of halogens is 1. The van der Waals surface area contributed by atoms with Crippen LogP contribution in [0.2, 0.25) is 0 Å². The third-order valence-electron chi connectivity index (χ3n) is 5.13. The van der Waals surface area contributed by atoms with Gasteiger partial charge in [-0.1, -0.05) is 6.07 Å². The number of anilines is 1. The van der Waals surface area contributed by atoms with E-state index in [2.05, 4.69) is 19.9 Å². The summed E-state index contributed by atoms with van der Waals surface area (Å²) < 4.78 is 26.1. The zero-order chi connectivity index (χ0) is 20.5. The summed E-state index contributed by atoms with van der Waals surface area (Å²) in [6.45, 7) is 1.09. The fourth-order valence-corrected chi connectivity index (χ4v) is 3.75. The number of nitrogen functional groups attached to an aromatic ring is 1. The average Bonchev–Trinajstić information content (AvgIpc) is 3.40. The molecule has 0 aromatic carbocycles. The molecular formula is C22H20FN5O2. The second kappa shape index (κ2) is 7.72. The normalized spacial score (nSPS) is 16.2. The van der Waals surface area contributed by atoms with Gasteiger partial charge in [0.05, 0.1) is 23.1 Å². The van der Waals surface area contributed by atoms with Gasteiger partial charge in [0, 0.05) is 30.6 Å². The monoisotopic (exact) mass is 405 g/mol. The number of aromatic nitrogens is 4. The van der Waals surface area contributed by atoms with Gasteiger partial charge in [0.25, 0.3) is 0 Å². The van der Waals surface area contributed by atoms with Gasteiger partial charge in [-0.2, -0.15) is 4.39 Å². The predicted molar refractivity (Wildman–Crippen MR) is 111 cm³/mol. The summed E-state index contributed by atoms with van der Waals surface area (Å²) in [5.74, 6) is 0.146. The largest absolute Gasteiger partial charge is 0.488 e. The summed E-state index contributed by atoms with van der Waals surface area (Å²) in [5.41, 5.74) is 9.80. The molecule has 5 rings (SSSR count). The van der Waals surface area contributed by atoms with Gasteiger partial charge in [-0.15, -0.1) is 0 Å². The van der Waals surface area contributed by atoms with Crippen molar-refractivity contribution in [1.29, 1.82) is 0 Å². The molecule has 0 bridgehead atoms. The van der Waals surface area contributed by atoms with E-state index in [1.807, 2.05) is 24.3 Å². The first-order valence-electron chi connectivity index (χ1n) is 9.79. The lowest BCUT2D eigenvalue weighted by atomic mass is 10.0. The van der Waals surface area contributed by atoms with Crippen molar-refractivity contribution in [1.82, 2.24) is 19.9 Å². The van der Waals surface area contributed by atoms with Crippen LogP contribution in [0, 0.1) is 5.95 Å². The van der Waals surface area contributed by atoms with E-state index in [1.165, 1.54) is 6.07 Å². The van der Waals surface area contributed by atoms with E-state index in [0.717, 1.165) is 30.7 Å². The zero-order valence-corrected chi connectivity index (χ0v) is 16.1. The summed E-state index contributed by atoms with van der Waals surface area (Å²) >= 11 is 0. The fraction of sp³-hybridized carbons (Fsp3) is 0.227. The Balaban J connectivity index is 1.69. The predicted octanol–water partition coefficient (Wildman–Crippen LogP) is 3.97. The first kappa shape index (κ1) is 18.5. The minimum absolute atomic E-state index is 0.0148. The Morgan fingerprint density at radius 1 is 1.20 bits per heavy atom. The van der Waals surface area contributed by atoms with Crippen LogP contribution in [-0.4, -0.2) is 39.3 Å². The quantitative estimate of drug-likeness (QED) is 0.488. The van der Waals surface area contributed by atoms with Crippen LogP contribution < -0.4 is 10.5 Å². The van der Waals surface area contributed by atoms with Gasteiger partial charge in [0.15, 0.2) is 0 Å². The minimum atomic E-state index is -0.623. The highest BCUT2D eigenvalue weighted by Crippen LogP contribution is 2.40. The van der Waals surface area contributed by atoms with Gasteiger partial charge in [-0.05, 0) is 37.1 Å². The van der Waals surface area contributed by atoms with Gasteiger partial charge in [-0.3, -0.25) is 4.98 Å². The van der Waals surface area contributed by atoms with Gasteiger partial charge >= 0.3 is 0 Å². The number of aromatic amines is 1. The molecule has 0 unspecified atom stereocenters. The molecule has 0 aliphatic carbocycles. The first-order chi connectivity index (χ1) is 14.7. The van der Waals surface area contributed by atoms with Crippen molar-refractivity contribution in [2.75, 3.05) is 18.9 Å². The van der Waals surface area contributed by atoms with E-state index in [-0.39, 0.29) is 6.10 Å². The highest BCUT2D eigenvalue weighted by atomic mass is 19.1. The summed E-state index contributed by atoms with van der Waals surface area (Å²) in [6, 6.07) is 10.4. The van der Waals surface area contributed by atoms with Crippen LogP contribution in [-0.2, 0) is 4.74 Å². The Hall–Kier alpha value is -3.52. The van der Waals surface area contributed by atoms with E-state index < -0.39 is 5.95 Å². The summed E-state index contributed by atoms with van der Waals surface area (Å²) in [4.78, 5) is 16.0. The maximum Gasteiger partial charge on any atom is 0.217 e. The number of H-pyrrole nitrogens is 1. The summed E-state index contributed by atoms with van der Waals surface area (Å²) in [6.07, 6.45) is 5.27. The molecule has 30 heavy (non-hydrogen) atoms. The van der Waals surface area contributed by atoms with Crippen LogP contribution in [0.5, 0.6) is 5.75 Å². The van der Waals surface area contributed by atoms with E-state index in [1.54, 1.807) is 18.5 Å². The molecule has 4 aromatic rings. The molecule has 0 amide bonds. The highest BCUT2D eigenvalue weighted by Gasteiger charge is 2.23. The van der Waals surface area contributed by atoms with Gasteiger partial charge in [0.1, 0.15) is 29.2 Å². The molecular weight excluding hydrogens is 385 g/mol. The number of hydrogen-bond acceptors (Lipinski definition) is 6. The number of rotatable bonds is 5. The van der Waals surface area contributed by atoms with E-state index in [4.69, 9.17) is 15.2 Å². The van der Waals surface area contributed by atoms with E-state index in [9.17, 15) is 4.39 Å². The van der Waals surface area contributed by atoms with Gasteiger partial charge in [0.2, 0.25) is 5.95 Å². The third kappa shape index (κ3) is 3.46. The summed E-state index contributed by atoms with van der Waals surface area (Å²) in [5, 5.41) is 0. The topological polar surface area (TPSA) is 98.9 Å². The average molecular weight is 405 g/mol. The SMILES string of the molecule is Nc1cc(-c2[nH]c3c(OC[C@H]4CCCO4)cc(F)nc3c2-c2ccccn2)ccn1. The molecule has 0 saturated carbocycles. The molecule has 8 heteroatoms. The van der Waals surface area contributed by atoms with Crippen LogP contribution in [0.3, 0.4) is 0 Å². The number of pyridine rings is 3. The van der Waals surface area contributed by atoms with Crippen LogP contribution in [0.4, 0.5) is 10.2 Å². The minimum Gasteiger partial charge on any atom is -0.488 e. The molecule has 1 aliphatic rings. The Morgan fingerprint density at radius 2 is 2.13 bits per heavy atom.